The van der Waals surface area contributed by atoms with Crippen molar-refractivity contribution in [2.45, 2.75) is 6.92 Å². The van der Waals surface area contributed by atoms with Gasteiger partial charge in [0.15, 0.2) is 5.69 Å². The first-order valence-corrected chi connectivity index (χ1v) is 7.24. The largest absolute Gasteiger partial charge is 0.368 e. The van der Waals surface area contributed by atoms with Crippen LogP contribution in [0.2, 0.25) is 5.02 Å². The number of hydrogen-bond donors (Lipinski definition) is 0. The van der Waals surface area contributed by atoms with Gasteiger partial charge in [0.1, 0.15) is 5.76 Å². The number of anilines is 1. The fourth-order valence-corrected chi connectivity index (χ4v) is 2.57. The van der Waals surface area contributed by atoms with Crippen LogP contribution < -0.4 is 4.90 Å². The number of nitrogens with zero attached hydrogens (tertiary/aromatic N) is 3. The van der Waals surface area contributed by atoms with Crippen LogP contribution >= 0.6 is 11.6 Å². The van der Waals surface area contributed by atoms with Crippen LogP contribution in [0.25, 0.3) is 0 Å². The third-order valence-electron chi connectivity index (χ3n) is 3.61. The average Bonchev–Trinajstić information content (AvgIpc) is 2.94. The standard InChI is InChI=1S/C15H16ClN3O2/c1-11-10-14(17-21-11)15(20)19-8-6-18(7-9-19)13-4-2-12(16)3-5-13/h2-5,10H,6-9H2,1H3. The second kappa shape index (κ2) is 5.77. The zero-order chi connectivity index (χ0) is 14.8. The van der Waals surface area contributed by atoms with Gasteiger partial charge in [0.25, 0.3) is 5.91 Å². The second-order valence-electron chi connectivity index (χ2n) is 5.08. The molecule has 0 bridgehead atoms. The summed E-state index contributed by atoms with van der Waals surface area (Å²) in [5, 5.41) is 4.51. The fraction of sp³-hybridized carbons (Fsp3) is 0.333. The van der Waals surface area contributed by atoms with Gasteiger partial charge in [-0.3, -0.25) is 4.79 Å². The van der Waals surface area contributed by atoms with Crippen molar-refractivity contribution in [1.29, 1.82) is 0 Å². The van der Waals surface area contributed by atoms with E-state index >= 15 is 0 Å². The minimum Gasteiger partial charge on any atom is -0.368 e. The first-order valence-electron chi connectivity index (χ1n) is 6.86. The lowest BCUT2D eigenvalue weighted by molar-refractivity contribution is 0.0736. The number of hydrogen-bond acceptors (Lipinski definition) is 4. The maximum Gasteiger partial charge on any atom is 0.276 e. The number of carbonyl (C=O) groups excluding carboxylic acids is 1. The van der Waals surface area contributed by atoms with E-state index in [1.165, 1.54) is 0 Å². The molecule has 0 N–H and O–H groups in total. The summed E-state index contributed by atoms with van der Waals surface area (Å²) in [6, 6.07) is 9.44. The number of carbonyl (C=O) groups is 1. The van der Waals surface area contributed by atoms with Crippen LogP contribution in [0.5, 0.6) is 0 Å². The Balaban J connectivity index is 1.62. The molecule has 0 saturated carbocycles. The van der Waals surface area contributed by atoms with Crippen LogP contribution in [-0.2, 0) is 0 Å². The molecule has 0 spiro atoms. The highest BCUT2D eigenvalue weighted by molar-refractivity contribution is 6.30. The van der Waals surface area contributed by atoms with E-state index in [-0.39, 0.29) is 5.91 Å². The van der Waals surface area contributed by atoms with E-state index in [9.17, 15) is 4.79 Å². The van der Waals surface area contributed by atoms with Crippen molar-refractivity contribution in [3.63, 3.8) is 0 Å². The maximum absolute atomic E-state index is 12.3. The van der Waals surface area contributed by atoms with E-state index in [0.717, 1.165) is 23.8 Å². The van der Waals surface area contributed by atoms with Crippen molar-refractivity contribution in [3.05, 3.63) is 46.8 Å². The highest BCUT2D eigenvalue weighted by atomic mass is 35.5. The Bertz CT molecular complexity index is 631. The van der Waals surface area contributed by atoms with Crippen molar-refractivity contribution >= 4 is 23.2 Å². The molecule has 1 amide bonds. The lowest BCUT2D eigenvalue weighted by atomic mass is 10.2. The van der Waals surface area contributed by atoms with Gasteiger partial charge < -0.3 is 14.3 Å². The van der Waals surface area contributed by atoms with Gasteiger partial charge in [0.05, 0.1) is 0 Å². The Morgan fingerprint density at radius 2 is 1.86 bits per heavy atom. The predicted molar refractivity (Wildman–Crippen MR) is 80.8 cm³/mol. The molecular formula is C15H16ClN3O2. The van der Waals surface area contributed by atoms with Gasteiger partial charge >= 0.3 is 0 Å². The number of piperazine rings is 1. The van der Waals surface area contributed by atoms with E-state index in [1.54, 1.807) is 13.0 Å². The van der Waals surface area contributed by atoms with E-state index in [0.29, 0.717) is 24.5 Å². The monoisotopic (exact) mass is 305 g/mol. The fourth-order valence-electron chi connectivity index (χ4n) is 2.45. The Hall–Kier alpha value is -2.01. The Kier molecular flexibility index (Phi) is 3.84. The summed E-state index contributed by atoms with van der Waals surface area (Å²) in [7, 11) is 0. The maximum atomic E-state index is 12.3. The second-order valence-corrected chi connectivity index (χ2v) is 5.51. The third-order valence-corrected chi connectivity index (χ3v) is 3.86. The van der Waals surface area contributed by atoms with Gasteiger partial charge in [-0.05, 0) is 31.2 Å². The molecule has 0 radical (unpaired) electrons. The van der Waals surface area contributed by atoms with Crippen LogP contribution in [0, 0.1) is 6.92 Å². The van der Waals surface area contributed by atoms with E-state index in [4.69, 9.17) is 16.1 Å². The van der Waals surface area contributed by atoms with Crippen molar-refractivity contribution < 1.29 is 9.32 Å². The van der Waals surface area contributed by atoms with Gasteiger partial charge in [-0.15, -0.1) is 0 Å². The highest BCUT2D eigenvalue weighted by Crippen LogP contribution is 2.20. The summed E-state index contributed by atoms with van der Waals surface area (Å²) in [6.45, 7) is 4.72. The van der Waals surface area contributed by atoms with Crippen molar-refractivity contribution in [2.24, 2.45) is 0 Å². The van der Waals surface area contributed by atoms with Crippen molar-refractivity contribution in [2.75, 3.05) is 31.1 Å². The van der Waals surface area contributed by atoms with Crippen molar-refractivity contribution in [1.82, 2.24) is 10.1 Å². The first-order chi connectivity index (χ1) is 10.1. The van der Waals surface area contributed by atoms with Gasteiger partial charge in [0.2, 0.25) is 0 Å². The number of benzene rings is 1. The molecule has 2 aromatic rings. The Morgan fingerprint density at radius 1 is 1.19 bits per heavy atom. The first kappa shape index (κ1) is 13.9. The van der Waals surface area contributed by atoms with Gasteiger partial charge in [0, 0.05) is 43.0 Å². The summed E-state index contributed by atoms with van der Waals surface area (Å²) < 4.78 is 4.96. The topological polar surface area (TPSA) is 49.6 Å². The van der Waals surface area contributed by atoms with E-state index in [2.05, 4.69) is 10.1 Å². The van der Waals surface area contributed by atoms with Crippen LogP contribution in [0.15, 0.2) is 34.9 Å². The summed E-state index contributed by atoms with van der Waals surface area (Å²) >= 11 is 5.90. The summed E-state index contributed by atoms with van der Waals surface area (Å²) in [4.78, 5) is 16.3. The molecule has 1 aromatic heterocycles. The molecule has 1 aliphatic rings. The summed E-state index contributed by atoms with van der Waals surface area (Å²) in [5.74, 6) is 0.584. The Morgan fingerprint density at radius 3 is 2.43 bits per heavy atom. The number of halogens is 1. The number of aryl methyl sites for hydroxylation is 1. The SMILES string of the molecule is Cc1cc(C(=O)N2CCN(c3ccc(Cl)cc3)CC2)no1. The highest BCUT2D eigenvalue weighted by Gasteiger charge is 2.24. The van der Waals surface area contributed by atoms with Gasteiger partial charge in [-0.25, -0.2) is 0 Å². The quantitative estimate of drug-likeness (QED) is 0.856. The van der Waals surface area contributed by atoms with Gasteiger partial charge in [-0.1, -0.05) is 16.8 Å². The lowest BCUT2D eigenvalue weighted by Crippen LogP contribution is -2.48. The van der Waals surface area contributed by atoms with Crippen LogP contribution in [-0.4, -0.2) is 42.1 Å². The molecule has 6 heteroatoms. The average molecular weight is 306 g/mol. The minimum atomic E-state index is -0.0670. The van der Waals surface area contributed by atoms with Gasteiger partial charge in [-0.2, -0.15) is 0 Å². The molecule has 3 rings (SSSR count). The predicted octanol–water partition coefficient (Wildman–Crippen LogP) is 2.60. The number of aromatic nitrogens is 1. The van der Waals surface area contributed by atoms with Crippen LogP contribution in [0.1, 0.15) is 16.2 Å². The molecule has 5 nitrogen and oxygen atoms in total. The number of rotatable bonds is 2. The van der Waals surface area contributed by atoms with Crippen LogP contribution in [0.4, 0.5) is 5.69 Å². The lowest BCUT2D eigenvalue weighted by Gasteiger charge is -2.35. The van der Waals surface area contributed by atoms with E-state index in [1.807, 2.05) is 29.2 Å². The molecule has 1 fully saturated rings. The molecule has 21 heavy (non-hydrogen) atoms. The molecule has 0 aliphatic carbocycles. The smallest absolute Gasteiger partial charge is 0.276 e. The molecule has 1 aromatic carbocycles. The molecule has 1 aliphatic heterocycles. The van der Waals surface area contributed by atoms with Crippen LogP contribution in [0.3, 0.4) is 0 Å². The number of amides is 1. The Labute approximate surface area is 128 Å². The third kappa shape index (κ3) is 3.03. The molecular weight excluding hydrogens is 290 g/mol. The molecule has 0 unspecified atom stereocenters. The summed E-state index contributed by atoms with van der Waals surface area (Å²) in [6.07, 6.45) is 0. The van der Waals surface area contributed by atoms with Crippen molar-refractivity contribution in [3.8, 4) is 0 Å². The molecule has 110 valence electrons. The molecule has 2 heterocycles. The zero-order valence-electron chi connectivity index (χ0n) is 11.8. The molecule has 0 atom stereocenters. The van der Waals surface area contributed by atoms with E-state index < -0.39 is 0 Å². The normalized spacial score (nSPS) is 15.3. The summed E-state index contributed by atoms with van der Waals surface area (Å²) in [5.41, 5.74) is 1.51. The minimum absolute atomic E-state index is 0.0670. The molecule has 1 saturated heterocycles. The zero-order valence-corrected chi connectivity index (χ0v) is 12.5.